The Morgan fingerprint density at radius 2 is 1.53 bits per heavy atom. The van der Waals surface area contributed by atoms with E-state index in [1.165, 1.54) is 37.6 Å². The number of allylic oxidation sites excluding steroid dienone is 1. The highest BCUT2D eigenvalue weighted by Gasteiger charge is 2.73. The third kappa shape index (κ3) is 11.4. The molecule has 7 rings (SSSR count). The van der Waals surface area contributed by atoms with Crippen LogP contribution in [0.3, 0.4) is 0 Å². The van der Waals surface area contributed by atoms with E-state index in [0.29, 0.717) is 17.9 Å². The molecule has 0 saturated carbocycles. The Hall–Kier alpha value is -8.40. The average molecular weight is 1020 g/mol. The number of unbranched alkanes of at least 4 members (excludes halogenated alkanes) is 1. The number of amides is 4. The molecule has 4 aliphatic rings. The van der Waals surface area contributed by atoms with E-state index in [-0.39, 0.29) is 96.5 Å². The lowest BCUT2D eigenvalue weighted by molar-refractivity contribution is -0.143. The summed E-state index contributed by atoms with van der Waals surface area (Å²) in [5.41, 5.74) is 10.5. The number of nitrogens with two attached hydrogens (primary N) is 2. The molecule has 73 heavy (non-hydrogen) atoms. The number of nitrogen functional groups attached to an aromatic ring is 1. The molecule has 0 spiro atoms. The summed E-state index contributed by atoms with van der Waals surface area (Å²) >= 11 is 0. The van der Waals surface area contributed by atoms with Crippen molar-refractivity contribution in [2.45, 2.75) is 94.3 Å². The number of ether oxygens (including phenoxy) is 2. The molecule has 1 aliphatic carbocycles. The number of carbonyl (C=O) groups is 9. The fourth-order valence-corrected chi connectivity index (χ4v) is 9.33. The number of Topliss-reactive ketones (excluding diaryl/α,β-unsaturated/α-hetero) is 2. The van der Waals surface area contributed by atoms with E-state index in [1.54, 1.807) is 11.8 Å². The van der Waals surface area contributed by atoms with Crippen LogP contribution in [0.1, 0.15) is 67.9 Å². The second-order valence-electron chi connectivity index (χ2n) is 17.7. The summed E-state index contributed by atoms with van der Waals surface area (Å²) in [4.78, 5) is 147. The number of fused-ring (bicyclic) bond motifs is 5. The molecule has 2 fully saturated rings. The van der Waals surface area contributed by atoms with Crippen LogP contribution in [0.4, 0.5) is 16.4 Å². The maximum absolute atomic E-state index is 14.0. The highest BCUT2D eigenvalue weighted by atomic mass is 16.6. The number of nitrogens with zero attached hydrogens (tertiary/aromatic N) is 5. The number of primary amides is 1. The number of aromatic amines is 1. The van der Waals surface area contributed by atoms with Crippen molar-refractivity contribution in [3.8, 4) is 0 Å². The Balaban J connectivity index is 0.839. The minimum Gasteiger partial charge on any atom is -0.480 e. The van der Waals surface area contributed by atoms with Crippen molar-refractivity contribution in [3.63, 3.8) is 0 Å². The summed E-state index contributed by atoms with van der Waals surface area (Å²) in [5, 5.41) is 42.6. The van der Waals surface area contributed by atoms with Crippen LogP contribution in [0.25, 0.3) is 11.2 Å². The zero-order valence-corrected chi connectivity index (χ0v) is 39.3. The number of aromatic nitrogens is 4. The van der Waals surface area contributed by atoms with Gasteiger partial charge in [0.25, 0.3) is 11.5 Å². The molecule has 1 aromatic carbocycles. The number of methoxy groups -OCH3 is 1. The second kappa shape index (κ2) is 21.9. The first-order chi connectivity index (χ1) is 34.7. The Bertz CT molecular complexity index is 2870. The van der Waals surface area contributed by atoms with Crippen molar-refractivity contribution in [3.05, 3.63) is 63.3 Å². The molecule has 4 unspecified atom stereocenters. The molecule has 0 bridgehead atoms. The van der Waals surface area contributed by atoms with Crippen LogP contribution in [-0.4, -0.2) is 162 Å². The maximum atomic E-state index is 14.0. The fourth-order valence-electron chi connectivity index (χ4n) is 9.33. The SMILES string of the molecule is CO[C@@]12[C@H](COC(N)=O)C3=C(C(=O)C(C)C(=NCCCCC(NC(=O)CCC(NC(=O)CCC(NC(=O)c4ccc(NCc5cnc6nc(N)[nH]c(=O)c6n5)cc4)C(=O)O)C(=O)O)C(=O)O)C3=O)N1C[C@@H]1N[C@@H]12. The van der Waals surface area contributed by atoms with Crippen LogP contribution in [0.2, 0.25) is 0 Å². The molecule has 0 radical (unpaired) electrons. The summed E-state index contributed by atoms with van der Waals surface area (Å²) in [6.07, 6.45) is -1.23. The molecule has 2 aromatic heterocycles. The van der Waals surface area contributed by atoms with Gasteiger partial charge < -0.3 is 67.7 Å². The van der Waals surface area contributed by atoms with Gasteiger partial charge in [-0.1, -0.05) is 0 Å². The molecule has 2 saturated heterocycles. The van der Waals surface area contributed by atoms with Gasteiger partial charge in [0.15, 0.2) is 22.7 Å². The van der Waals surface area contributed by atoms with Crippen LogP contribution in [-0.2, 0) is 49.6 Å². The largest absolute Gasteiger partial charge is 0.480 e. The minimum atomic E-state index is -1.61. The van der Waals surface area contributed by atoms with Crippen LogP contribution < -0.4 is 43.6 Å². The molecule has 3 aliphatic heterocycles. The van der Waals surface area contributed by atoms with Gasteiger partial charge in [-0.05, 0) is 63.3 Å². The quantitative estimate of drug-likeness (QED) is 0.0347. The van der Waals surface area contributed by atoms with Gasteiger partial charge in [-0.15, -0.1) is 0 Å². The number of hydrogen-bond acceptors (Lipinski definition) is 20. The summed E-state index contributed by atoms with van der Waals surface area (Å²) in [5.74, 6) is -9.57. The van der Waals surface area contributed by atoms with Crippen LogP contribution >= 0.6 is 0 Å². The van der Waals surface area contributed by atoms with E-state index in [2.05, 4.69) is 51.5 Å². The van der Waals surface area contributed by atoms with Gasteiger partial charge in [0, 0.05) is 55.9 Å². The predicted octanol–water partition coefficient (Wildman–Crippen LogP) is -1.83. The monoisotopic (exact) mass is 1020 g/mol. The first-order valence-corrected chi connectivity index (χ1v) is 23.1. The highest BCUT2D eigenvalue weighted by Crippen LogP contribution is 2.55. The number of piperazine rings is 1. The van der Waals surface area contributed by atoms with Gasteiger partial charge in [-0.25, -0.2) is 29.1 Å². The van der Waals surface area contributed by atoms with Crippen molar-refractivity contribution in [1.82, 2.24) is 46.1 Å². The van der Waals surface area contributed by atoms with Gasteiger partial charge >= 0.3 is 24.0 Å². The third-order valence-electron chi connectivity index (χ3n) is 13.0. The summed E-state index contributed by atoms with van der Waals surface area (Å²) < 4.78 is 11.1. The van der Waals surface area contributed by atoms with E-state index < -0.39 is 114 Å². The molecule has 388 valence electrons. The third-order valence-corrected chi connectivity index (χ3v) is 13.0. The molecule has 28 nitrogen and oxygen atoms in total. The first-order valence-electron chi connectivity index (χ1n) is 23.1. The van der Waals surface area contributed by atoms with Gasteiger partial charge in [0.1, 0.15) is 24.7 Å². The normalized spacial score (nSPS) is 22.4. The summed E-state index contributed by atoms with van der Waals surface area (Å²) in [6.45, 7) is 1.81. The van der Waals surface area contributed by atoms with E-state index in [1.807, 2.05) is 0 Å². The number of carbonyl (C=O) groups excluding carboxylic acids is 6. The van der Waals surface area contributed by atoms with Gasteiger partial charge in [-0.3, -0.25) is 38.7 Å². The van der Waals surface area contributed by atoms with Gasteiger partial charge in [0.2, 0.25) is 23.5 Å². The zero-order valence-electron chi connectivity index (χ0n) is 39.3. The molecular formula is C45H53N13O15. The van der Waals surface area contributed by atoms with Crippen molar-refractivity contribution >= 4 is 81.8 Å². The Kier molecular flexibility index (Phi) is 15.8. The molecule has 4 amide bonds. The number of aliphatic carboxylic acids is 3. The van der Waals surface area contributed by atoms with Crippen molar-refractivity contribution < 1.29 is 67.9 Å². The Labute approximate surface area is 413 Å². The van der Waals surface area contributed by atoms with E-state index in [9.17, 15) is 63.3 Å². The lowest BCUT2D eigenvalue weighted by Crippen LogP contribution is -2.55. The minimum absolute atomic E-state index is 0.00566. The maximum Gasteiger partial charge on any atom is 0.404 e. The first kappa shape index (κ1) is 52.4. The summed E-state index contributed by atoms with van der Waals surface area (Å²) in [6, 6.07) is 1.12. The van der Waals surface area contributed by atoms with Crippen molar-refractivity contribution in [1.29, 1.82) is 0 Å². The topological polar surface area (TPSA) is 442 Å². The Morgan fingerprint density at radius 1 is 0.904 bits per heavy atom. The lowest BCUT2D eigenvalue weighted by atomic mass is 9.78. The fraction of sp³-hybridized carbons (Fsp3) is 0.467. The molecule has 28 heteroatoms. The van der Waals surface area contributed by atoms with E-state index >= 15 is 0 Å². The van der Waals surface area contributed by atoms with Gasteiger partial charge in [0.05, 0.1) is 47.7 Å². The van der Waals surface area contributed by atoms with Crippen LogP contribution in [0.15, 0.2) is 51.5 Å². The zero-order chi connectivity index (χ0) is 52.9. The molecule has 13 N–H and O–H groups in total. The van der Waals surface area contributed by atoms with Crippen molar-refractivity contribution in [2.75, 3.05) is 37.9 Å². The number of carboxylic acid groups (broad SMARTS) is 3. The summed E-state index contributed by atoms with van der Waals surface area (Å²) in [7, 11) is 1.45. The predicted molar refractivity (Wildman–Crippen MR) is 251 cm³/mol. The second-order valence-corrected chi connectivity index (χ2v) is 17.7. The number of ketones is 2. The van der Waals surface area contributed by atoms with Crippen LogP contribution in [0, 0.1) is 11.8 Å². The van der Waals surface area contributed by atoms with Crippen molar-refractivity contribution in [2.24, 2.45) is 22.6 Å². The number of H-pyrrole nitrogens is 1. The lowest BCUT2D eigenvalue weighted by Gasteiger charge is -2.39. The number of nitrogens with one attached hydrogen (secondary N) is 6. The molecule has 3 aromatic rings. The number of rotatable bonds is 24. The smallest absolute Gasteiger partial charge is 0.404 e. The van der Waals surface area contributed by atoms with E-state index in [0.717, 1.165) is 0 Å². The molecule has 8 atom stereocenters. The number of hydrogen-bond donors (Lipinski definition) is 11. The molecular weight excluding hydrogens is 963 g/mol. The average Bonchev–Trinajstić information content (AvgIpc) is 3.96. The number of aliphatic imine (C=N–C) groups is 1. The van der Waals surface area contributed by atoms with Crippen LogP contribution in [0.5, 0.6) is 0 Å². The number of anilines is 2. The number of carboxylic acids is 3. The Morgan fingerprint density at radius 3 is 2.15 bits per heavy atom. The number of benzene rings is 1. The van der Waals surface area contributed by atoms with Gasteiger partial charge in [-0.2, -0.15) is 4.98 Å². The van der Waals surface area contributed by atoms with E-state index in [4.69, 9.17) is 20.9 Å². The standard InChI is InChI=1S/C45H53N13O15/c1-19-31(35(62)30-23(18-73-44(47)71)45(72-2)36-27(54-36)17-58(45)33(30)34(19)61)48-14-4-3-5-24(40(65)66)52-28(59)12-10-25(41(67)68)53-29(60)13-11-26(42(69)70)55-38(63)20-6-8-21(9-7-20)49-15-22-16-50-37-32(51-22)39(64)57-43(46)56-37/h6-9,16,19,23-27,36,49,54H,3-5,10-15,17-18H2,1-2H3,(H2,47,71)(H,52,59)(H,53,60)(H,55,63)(H,65,66)(H,67,68)(H,69,70)(H3,46,50,56,57,64)/t19?,23-,24?,25?,26?,27+,36+,45-/m1/s1. The molecule has 5 heterocycles. The highest BCUT2D eigenvalue weighted by molar-refractivity contribution is 6.53.